The average Bonchev–Trinajstić information content (AvgIpc) is 2.43. The first-order chi connectivity index (χ1) is 9.97. The Bertz CT molecular complexity index is 365. The fraction of sp³-hybridized carbons (Fsp3) is 0.786. The molecule has 0 atom stereocenters. The third-order valence-electron chi connectivity index (χ3n) is 3.24. The molecule has 0 aliphatic heterocycles. The molecule has 4 N–H and O–H groups in total. The van der Waals surface area contributed by atoms with Crippen LogP contribution in [0.4, 0.5) is 4.79 Å². The molecule has 1 fully saturated rings. The highest BCUT2D eigenvalue weighted by Crippen LogP contribution is 2.16. The summed E-state index contributed by atoms with van der Waals surface area (Å²) < 4.78 is 0. The van der Waals surface area contributed by atoms with Crippen LogP contribution in [0.15, 0.2) is 0 Å². The minimum absolute atomic E-state index is 0.0311. The van der Waals surface area contributed by atoms with Crippen LogP contribution >= 0.6 is 0 Å². The molecule has 0 radical (unpaired) electrons. The van der Waals surface area contributed by atoms with E-state index in [0.717, 1.165) is 25.7 Å². The predicted molar refractivity (Wildman–Crippen MR) is 79.7 cm³/mol. The van der Waals surface area contributed by atoms with Gasteiger partial charge in [0.25, 0.3) is 0 Å². The molecular formula is C14H26N4O3. The summed E-state index contributed by atoms with van der Waals surface area (Å²) in [6.45, 7) is 3.50. The predicted octanol–water partition coefficient (Wildman–Crippen LogP) is 0.259. The fourth-order valence-electron chi connectivity index (χ4n) is 2.28. The maximum atomic E-state index is 11.7. The molecule has 1 rings (SSSR count). The van der Waals surface area contributed by atoms with Crippen LogP contribution in [0, 0.1) is 0 Å². The number of carbonyl (C=O) groups is 3. The van der Waals surface area contributed by atoms with E-state index >= 15 is 0 Å². The molecule has 120 valence electrons. The van der Waals surface area contributed by atoms with Gasteiger partial charge in [0.2, 0.25) is 11.8 Å². The minimum Gasteiger partial charge on any atom is -0.352 e. The Kier molecular flexibility index (Phi) is 7.56. The van der Waals surface area contributed by atoms with Gasteiger partial charge in [0.15, 0.2) is 0 Å². The molecule has 0 aromatic heterocycles. The molecule has 0 aromatic rings. The zero-order chi connectivity index (χ0) is 15.7. The van der Waals surface area contributed by atoms with Gasteiger partial charge in [-0.25, -0.2) is 4.79 Å². The van der Waals surface area contributed by atoms with Crippen molar-refractivity contribution in [2.24, 2.45) is 0 Å². The lowest BCUT2D eigenvalue weighted by Gasteiger charge is -2.22. The Balaban J connectivity index is 2.11. The van der Waals surface area contributed by atoms with Crippen LogP contribution in [-0.4, -0.2) is 43.0 Å². The normalized spacial score (nSPS) is 15.4. The van der Waals surface area contributed by atoms with Crippen LogP contribution < -0.4 is 21.3 Å². The first-order valence-electron chi connectivity index (χ1n) is 7.58. The Morgan fingerprint density at radius 1 is 0.952 bits per heavy atom. The second-order valence-electron chi connectivity index (χ2n) is 5.66. The highest BCUT2D eigenvalue weighted by Gasteiger charge is 2.16. The van der Waals surface area contributed by atoms with E-state index in [4.69, 9.17) is 0 Å². The van der Waals surface area contributed by atoms with Gasteiger partial charge in [-0.2, -0.15) is 0 Å². The summed E-state index contributed by atoms with van der Waals surface area (Å²) >= 11 is 0. The third kappa shape index (κ3) is 8.16. The summed E-state index contributed by atoms with van der Waals surface area (Å²) in [5, 5.41) is 10.4. The summed E-state index contributed by atoms with van der Waals surface area (Å²) in [5.41, 5.74) is 0. The van der Waals surface area contributed by atoms with Crippen LogP contribution in [-0.2, 0) is 9.59 Å². The second kappa shape index (κ2) is 9.20. The van der Waals surface area contributed by atoms with Crippen LogP contribution in [0.2, 0.25) is 0 Å². The lowest BCUT2D eigenvalue weighted by molar-refractivity contribution is -0.121. The number of hydrogen-bond acceptors (Lipinski definition) is 3. The smallest absolute Gasteiger partial charge is 0.315 e. The number of carbonyl (C=O) groups excluding carboxylic acids is 3. The van der Waals surface area contributed by atoms with Crippen molar-refractivity contribution in [3.63, 3.8) is 0 Å². The maximum absolute atomic E-state index is 11.7. The van der Waals surface area contributed by atoms with Crippen molar-refractivity contribution in [1.82, 2.24) is 21.3 Å². The largest absolute Gasteiger partial charge is 0.352 e. The molecule has 0 aromatic carbocycles. The lowest BCUT2D eigenvalue weighted by atomic mass is 9.95. The van der Waals surface area contributed by atoms with Crippen molar-refractivity contribution in [3.05, 3.63) is 0 Å². The van der Waals surface area contributed by atoms with E-state index in [1.165, 1.54) is 6.42 Å². The summed E-state index contributed by atoms with van der Waals surface area (Å²) in [4.78, 5) is 34.4. The van der Waals surface area contributed by atoms with E-state index in [9.17, 15) is 14.4 Å². The van der Waals surface area contributed by atoms with Gasteiger partial charge in [0.1, 0.15) is 0 Å². The van der Waals surface area contributed by atoms with Gasteiger partial charge in [-0.05, 0) is 26.7 Å². The quantitative estimate of drug-likeness (QED) is 0.566. The van der Waals surface area contributed by atoms with Crippen LogP contribution in [0.1, 0.15) is 46.0 Å². The number of rotatable bonds is 6. The molecule has 0 heterocycles. The molecule has 4 amide bonds. The van der Waals surface area contributed by atoms with Crippen LogP contribution in [0.3, 0.4) is 0 Å². The molecule has 0 unspecified atom stereocenters. The molecule has 21 heavy (non-hydrogen) atoms. The summed E-state index contributed by atoms with van der Waals surface area (Å²) in [6, 6.07) is -0.260. The zero-order valence-corrected chi connectivity index (χ0v) is 12.8. The Hall–Kier alpha value is -1.79. The Labute approximate surface area is 125 Å². The number of nitrogens with one attached hydrogen (secondary N) is 4. The van der Waals surface area contributed by atoms with Crippen LogP contribution in [0.5, 0.6) is 0 Å². The van der Waals surface area contributed by atoms with Gasteiger partial charge >= 0.3 is 6.03 Å². The standard InChI is InChI=1S/C14H26N4O3/c1-10(2)17-12(19)8-15-14(21)16-9-13(20)18-11-6-4-3-5-7-11/h10-11H,3-9H2,1-2H3,(H,17,19)(H,18,20)(H2,15,16,21). The molecule has 0 spiro atoms. The van der Waals surface area contributed by atoms with Gasteiger partial charge in [-0.3, -0.25) is 9.59 Å². The van der Waals surface area contributed by atoms with Gasteiger partial charge in [0, 0.05) is 12.1 Å². The van der Waals surface area contributed by atoms with Crippen LogP contribution in [0.25, 0.3) is 0 Å². The summed E-state index contributed by atoms with van der Waals surface area (Å²) in [7, 11) is 0. The lowest BCUT2D eigenvalue weighted by Crippen LogP contribution is -2.47. The Morgan fingerprint density at radius 3 is 2.10 bits per heavy atom. The van der Waals surface area contributed by atoms with Gasteiger partial charge in [0.05, 0.1) is 13.1 Å². The highest BCUT2D eigenvalue weighted by atomic mass is 16.2. The third-order valence-corrected chi connectivity index (χ3v) is 3.24. The van der Waals surface area contributed by atoms with Crippen molar-refractivity contribution in [3.8, 4) is 0 Å². The van der Waals surface area contributed by atoms with Gasteiger partial charge in [-0.1, -0.05) is 19.3 Å². The molecule has 1 aliphatic carbocycles. The molecule has 0 saturated heterocycles. The SMILES string of the molecule is CC(C)NC(=O)CNC(=O)NCC(=O)NC1CCCCC1. The maximum Gasteiger partial charge on any atom is 0.315 e. The van der Waals surface area contributed by atoms with Gasteiger partial charge < -0.3 is 21.3 Å². The number of hydrogen-bond donors (Lipinski definition) is 4. The van der Waals surface area contributed by atoms with E-state index in [-0.39, 0.29) is 37.0 Å². The van der Waals surface area contributed by atoms with Crippen molar-refractivity contribution >= 4 is 17.8 Å². The average molecular weight is 298 g/mol. The summed E-state index contributed by atoms with van der Waals surface area (Å²) in [5.74, 6) is -0.449. The molecule has 1 aliphatic rings. The molecule has 1 saturated carbocycles. The van der Waals surface area contributed by atoms with Crippen molar-refractivity contribution in [2.75, 3.05) is 13.1 Å². The van der Waals surface area contributed by atoms with E-state index in [0.29, 0.717) is 0 Å². The topological polar surface area (TPSA) is 99.3 Å². The molecular weight excluding hydrogens is 272 g/mol. The Morgan fingerprint density at radius 2 is 1.52 bits per heavy atom. The van der Waals surface area contributed by atoms with Crippen molar-refractivity contribution in [1.29, 1.82) is 0 Å². The van der Waals surface area contributed by atoms with Gasteiger partial charge in [-0.15, -0.1) is 0 Å². The second-order valence-corrected chi connectivity index (χ2v) is 5.66. The number of amides is 4. The monoisotopic (exact) mass is 298 g/mol. The van der Waals surface area contributed by atoms with E-state index < -0.39 is 6.03 Å². The van der Waals surface area contributed by atoms with Crippen molar-refractivity contribution in [2.45, 2.75) is 58.0 Å². The van der Waals surface area contributed by atoms with E-state index in [1.807, 2.05) is 13.8 Å². The fourth-order valence-corrected chi connectivity index (χ4v) is 2.28. The molecule has 0 bridgehead atoms. The molecule has 7 nitrogen and oxygen atoms in total. The zero-order valence-electron chi connectivity index (χ0n) is 12.8. The molecule has 7 heteroatoms. The van der Waals surface area contributed by atoms with E-state index in [1.54, 1.807) is 0 Å². The number of urea groups is 1. The summed E-state index contributed by atoms with van der Waals surface area (Å²) in [6.07, 6.45) is 5.53. The van der Waals surface area contributed by atoms with E-state index in [2.05, 4.69) is 21.3 Å². The first-order valence-corrected chi connectivity index (χ1v) is 7.58. The first kappa shape index (κ1) is 17.3. The highest BCUT2D eigenvalue weighted by molar-refractivity contribution is 5.87. The minimum atomic E-state index is -0.521. The van der Waals surface area contributed by atoms with Crippen molar-refractivity contribution < 1.29 is 14.4 Å².